The second kappa shape index (κ2) is 7.58. The summed E-state index contributed by atoms with van der Waals surface area (Å²) in [5.41, 5.74) is 0.457. The lowest BCUT2D eigenvalue weighted by molar-refractivity contribution is -0.131. The molecular formula is C14H18N2O4S. The number of hydrogen-bond acceptors (Lipinski definition) is 4. The molecule has 0 fully saturated rings. The Hall–Kier alpha value is -2.15. The Balaban J connectivity index is 2.81. The van der Waals surface area contributed by atoms with E-state index in [0.29, 0.717) is 17.0 Å². The summed E-state index contributed by atoms with van der Waals surface area (Å²) in [5.74, 6) is -1.42. The highest BCUT2D eigenvalue weighted by atomic mass is 32.1. The van der Waals surface area contributed by atoms with Gasteiger partial charge in [-0.25, -0.2) is 4.79 Å². The van der Waals surface area contributed by atoms with Crippen LogP contribution in [0.3, 0.4) is 0 Å². The fraction of sp³-hybridized carbons (Fsp3) is 0.357. The van der Waals surface area contributed by atoms with E-state index in [1.807, 2.05) is 0 Å². The number of likely N-dealkylation sites (N-methyl/N-ethyl adjacent to an activating group) is 2. The zero-order valence-corrected chi connectivity index (χ0v) is 13.0. The van der Waals surface area contributed by atoms with E-state index >= 15 is 0 Å². The maximum Gasteiger partial charge on any atom is 0.328 e. The van der Waals surface area contributed by atoms with Gasteiger partial charge in [-0.1, -0.05) is 0 Å². The molecule has 0 spiro atoms. The van der Waals surface area contributed by atoms with Gasteiger partial charge in [0.25, 0.3) is 5.91 Å². The fourth-order valence-corrected chi connectivity index (χ4v) is 2.29. The average Bonchev–Trinajstić information content (AvgIpc) is 2.90. The number of carboxylic acid groups (broad SMARTS) is 1. The lowest BCUT2D eigenvalue weighted by atomic mass is 10.2. The van der Waals surface area contributed by atoms with E-state index in [0.717, 1.165) is 6.08 Å². The maximum absolute atomic E-state index is 12.3. The van der Waals surface area contributed by atoms with Gasteiger partial charge in [0.2, 0.25) is 5.91 Å². The third-order valence-corrected chi connectivity index (χ3v) is 3.65. The first-order valence-electron chi connectivity index (χ1n) is 6.34. The molecule has 1 aromatic heterocycles. The van der Waals surface area contributed by atoms with E-state index < -0.39 is 5.97 Å². The summed E-state index contributed by atoms with van der Waals surface area (Å²) < 4.78 is 0. The number of carbonyl (C=O) groups excluding carboxylic acids is 2. The van der Waals surface area contributed by atoms with Gasteiger partial charge in [0.1, 0.15) is 0 Å². The van der Waals surface area contributed by atoms with Crippen LogP contribution in [0.1, 0.15) is 22.2 Å². The van der Waals surface area contributed by atoms with E-state index in [9.17, 15) is 14.4 Å². The number of nitrogens with zero attached hydrogens (tertiary/aromatic N) is 2. The largest absolute Gasteiger partial charge is 0.478 e. The minimum atomic E-state index is -1.04. The van der Waals surface area contributed by atoms with Gasteiger partial charge in [-0.05, 0) is 19.1 Å². The van der Waals surface area contributed by atoms with E-state index in [1.165, 1.54) is 27.2 Å². The van der Waals surface area contributed by atoms with Crippen LogP contribution < -0.4 is 0 Å². The molecule has 0 atom stereocenters. The molecule has 0 aliphatic heterocycles. The molecular weight excluding hydrogens is 292 g/mol. The number of rotatable bonds is 6. The Labute approximate surface area is 127 Å². The fourth-order valence-electron chi connectivity index (χ4n) is 1.52. The van der Waals surface area contributed by atoms with Gasteiger partial charge in [0.05, 0.1) is 12.1 Å². The van der Waals surface area contributed by atoms with E-state index in [4.69, 9.17) is 5.11 Å². The normalized spacial score (nSPS) is 10.6. The zero-order chi connectivity index (χ0) is 16.0. The summed E-state index contributed by atoms with van der Waals surface area (Å²) >= 11 is 1.28. The number of thiophene rings is 1. The molecule has 6 nitrogen and oxygen atoms in total. The highest BCUT2D eigenvalue weighted by molar-refractivity contribution is 7.11. The summed E-state index contributed by atoms with van der Waals surface area (Å²) in [7, 11) is 3.28. The Morgan fingerprint density at radius 2 is 2.00 bits per heavy atom. The van der Waals surface area contributed by atoms with Gasteiger partial charge < -0.3 is 14.9 Å². The van der Waals surface area contributed by atoms with Crippen molar-refractivity contribution in [3.8, 4) is 0 Å². The van der Waals surface area contributed by atoms with Gasteiger partial charge in [0.15, 0.2) is 0 Å². The molecule has 0 aliphatic rings. The van der Waals surface area contributed by atoms with Gasteiger partial charge in [-0.3, -0.25) is 9.59 Å². The molecule has 7 heteroatoms. The van der Waals surface area contributed by atoms with Crippen LogP contribution in [0.2, 0.25) is 0 Å². The van der Waals surface area contributed by atoms with Crippen LogP contribution in [0.15, 0.2) is 17.5 Å². The first-order valence-corrected chi connectivity index (χ1v) is 7.22. The molecule has 114 valence electrons. The molecule has 1 N–H and O–H groups in total. The van der Waals surface area contributed by atoms with Crippen LogP contribution in [0.4, 0.5) is 0 Å². The van der Waals surface area contributed by atoms with Crippen LogP contribution in [-0.4, -0.2) is 59.9 Å². The first kappa shape index (κ1) is 16.9. The van der Waals surface area contributed by atoms with Crippen molar-refractivity contribution in [2.75, 3.05) is 27.2 Å². The van der Waals surface area contributed by atoms with Gasteiger partial charge in [-0.2, -0.15) is 0 Å². The van der Waals surface area contributed by atoms with E-state index in [1.54, 1.807) is 32.5 Å². The predicted molar refractivity (Wildman–Crippen MR) is 81.3 cm³/mol. The van der Waals surface area contributed by atoms with Gasteiger partial charge >= 0.3 is 5.97 Å². The highest BCUT2D eigenvalue weighted by Crippen LogP contribution is 2.18. The molecule has 21 heavy (non-hydrogen) atoms. The van der Waals surface area contributed by atoms with E-state index in [-0.39, 0.29) is 18.4 Å². The molecule has 0 unspecified atom stereocenters. The van der Waals surface area contributed by atoms with Crippen molar-refractivity contribution in [3.63, 3.8) is 0 Å². The van der Waals surface area contributed by atoms with Crippen molar-refractivity contribution < 1.29 is 19.5 Å². The van der Waals surface area contributed by atoms with Crippen molar-refractivity contribution in [3.05, 3.63) is 28.0 Å². The summed E-state index contributed by atoms with van der Waals surface area (Å²) in [4.78, 5) is 38.0. The minimum Gasteiger partial charge on any atom is -0.478 e. The summed E-state index contributed by atoms with van der Waals surface area (Å²) in [6.07, 6.45) is 2.46. The number of carboxylic acids is 1. The predicted octanol–water partition coefficient (Wildman–Crippen LogP) is 1.40. The topological polar surface area (TPSA) is 77.9 Å². The molecule has 0 aromatic carbocycles. The second-order valence-electron chi connectivity index (χ2n) is 4.52. The summed E-state index contributed by atoms with van der Waals surface area (Å²) in [6, 6.07) is 1.62. The third-order valence-electron chi connectivity index (χ3n) is 2.75. The van der Waals surface area contributed by atoms with Crippen LogP contribution >= 0.6 is 11.3 Å². The molecule has 0 saturated heterocycles. The van der Waals surface area contributed by atoms with Crippen LogP contribution in [0.25, 0.3) is 6.08 Å². The molecule has 1 aromatic rings. The molecule has 0 aliphatic carbocycles. The molecule has 0 radical (unpaired) electrons. The molecule has 1 heterocycles. The maximum atomic E-state index is 12.3. The molecule has 0 bridgehead atoms. The second-order valence-corrected chi connectivity index (χ2v) is 5.46. The average molecular weight is 310 g/mol. The lowest BCUT2D eigenvalue weighted by Crippen LogP contribution is -2.40. The Kier molecular flexibility index (Phi) is 6.10. The summed E-state index contributed by atoms with van der Waals surface area (Å²) in [6.45, 7) is 2.26. The van der Waals surface area contributed by atoms with Crippen LogP contribution in [0, 0.1) is 0 Å². The third kappa shape index (κ3) is 5.03. The molecule has 1 rings (SSSR count). The molecule has 2 amide bonds. The number of aliphatic carboxylic acids is 1. The van der Waals surface area contributed by atoms with Crippen molar-refractivity contribution in [1.82, 2.24) is 9.80 Å². The van der Waals surface area contributed by atoms with Gasteiger partial charge in [-0.15, -0.1) is 11.3 Å². The van der Waals surface area contributed by atoms with Crippen LogP contribution in [-0.2, 0) is 9.59 Å². The number of hydrogen-bond donors (Lipinski definition) is 1. The Morgan fingerprint density at radius 3 is 2.52 bits per heavy atom. The SMILES string of the molecule is CCN(CC(=O)N(C)C)C(=O)c1csc(C=CC(=O)O)c1. The molecule has 0 saturated carbocycles. The van der Waals surface area contributed by atoms with Gasteiger partial charge in [0, 0.05) is 37.0 Å². The van der Waals surface area contributed by atoms with Crippen molar-refractivity contribution >= 4 is 35.2 Å². The Bertz CT molecular complexity index is 563. The smallest absolute Gasteiger partial charge is 0.328 e. The first-order chi connectivity index (χ1) is 9.85. The van der Waals surface area contributed by atoms with E-state index in [2.05, 4.69) is 0 Å². The van der Waals surface area contributed by atoms with Crippen LogP contribution in [0.5, 0.6) is 0 Å². The Morgan fingerprint density at radius 1 is 1.33 bits per heavy atom. The number of amides is 2. The summed E-state index contributed by atoms with van der Waals surface area (Å²) in [5, 5.41) is 10.2. The van der Waals surface area contributed by atoms with Crippen molar-refractivity contribution in [2.24, 2.45) is 0 Å². The zero-order valence-electron chi connectivity index (χ0n) is 12.2. The quantitative estimate of drug-likeness (QED) is 0.806. The standard InChI is InChI=1S/C14H18N2O4S/c1-4-16(8-12(17)15(2)3)14(20)10-7-11(21-9-10)5-6-13(18)19/h5-7,9H,4,8H2,1-3H3,(H,18,19). The van der Waals surface area contributed by atoms with Crippen molar-refractivity contribution in [1.29, 1.82) is 0 Å². The highest BCUT2D eigenvalue weighted by Gasteiger charge is 2.19. The lowest BCUT2D eigenvalue weighted by Gasteiger charge is -2.21. The number of carbonyl (C=O) groups is 3. The van der Waals surface area contributed by atoms with Crippen molar-refractivity contribution in [2.45, 2.75) is 6.92 Å². The monoisotopic (exact) mass is 310 g/mol. The minimum absolute atomic E-state index is 0.0263.